The van der Waals surface area contributed by atoms with Crippen molar-refractivity contribution in [1.82, 2.24) is 9.80 Å². The molecule has 7 heteroatoms. The molecule has 0 aliphatic carbocycles. The average molecular weight is 432 g/mol. The second-order valence-corrected chi connectivity index (χ2v) is 8.84. The molecule has 1 aromatic rings. The number of rotatable bonds is 10. The number of amides is 1. The van der Waals surface area contributed by atoms with Gasteiger partial charge >= 0.3 is 0 Å². The summed E-state index contributed by atoms with van der Waals surface area (Å²) < 4.78 is 10.7. The van der Waals surface area contributed by atoms with Gasteiger partial charge in [0.1, 0.15) is 5.75 Å². The van der Waals surface area contributed by atoms with Crippen LogP contribution in [0.5, 0.6) is 5.75 Å². The predicted octanol–water partition coefficient (Wildman–Crippen LogP) is 3.18. The van der Waals surface area contributed by atoms with Crippen LogP contribution in [0.4, 0.5) is 0 Å². The first-order valence-corrected chi connectivity index (χ1v) is 11.4. The molecule has 0 spiro atoms. The van der Waals surface area contributed by atoms with Gasteiger partial charge in [-0.25, -0.2) is 0 Å². The third-order valence-corrected chi connectivity index (χ3v) is 6.28. The highest BCUT2D eigenvalue weighted by molar-refractivity contribution is 5.93. The Hall–Kier alpha value is -2.12. The van der Waals surface area contributed by atoms with Crippen molar-refractivity contribution >= 4 is 11.6 Å². The summed E-state index contributed by atoms with van der Waals surface area (Å²) in [5.74, 6) is 1.77. The van der Waals surface area contributed by atoms with Crippen LogP contribution in [-0.4, -0.2) is 74.5 Å². The molecule has 172 valence electrons. The van der Waals surface area contributed by atoms with Crippen molar-refractivity contribution in [3.63, 3.8) is 0 Å². The van der Waals surface area contributed by atoms with Crippen LogP contribution >= 0.6 is 0 Å². The highest BCUT2D eigenvalue weighted by Gasteiger charge is 2.34. The van der Waals surface area contributed by atoms with Crippen molar-refractivity contribution in [3.05, 3.63) is 29.8 Å². The van der Waals surface area contributed by atoms with Crippen LogP contribution in [0.25, 0.3) is 0 Å². The van der Waals surface area contributed by atoms with Gasteiger partial charge < -0.3 is 19.2 Å². The molecule has 0 radical (unpaired) electrons. The lowest BCUT2D eigenvalue weighted by Gasteiger charge is -2.35. The smallest absolute Gasteiger partial charge is 0.266 e. The first-order valence-electron chi connectivity index (χ1n) is 11.4. The summed E-state index contributed by atoms with van der Waals surface area (Å²) in [6.07, 6.45) is 2.26. The summed E-state index contributed by atoms with van der Waals surface area (Å²) >= 11 is 0. The molecule has 0 saturated carbocycles. The number of piperidine rings is 1. The van der Waals surface area contributed by atoms with Gasteiger partial charge in [-0.1, -0.05) is 37.2 Å². The lowest BCUT2D eigenvalue weighted by molar-refractivity contribution is -0.143. The second kappa shape index (κ2) is 11.5. The van der Waals surface area contributed by atoms with Crippen molar-refractivity contribution < 1.29 is 19.1 Å². The molecule has 3 rings (SSSR count). The Morgan fingerprint density at radius 1 is 1.26 bits per heavy atom. The van der Waals surface area contributed by atoms with Crippen LogP contribution in [-0.2, 0) is 20.9 Å². The van der Waals surface area contributed by atoms with E-state index in [9.17, 15) is 4.79 Å². The zero-order chi connectivity index (χ0) is 22.2. The van der Waals surface area contributed by atoms with Gasteiger partial charge in [0.15, 0.2) is 0 Å². The van der Waals surface area contributed by atoms with Crippen molar-refractivity contribution in [2.75, 3.05) is 47.0 Å². The van der Waals surface area contributed by atoms with Crippen LogP contribution in [0, 0.1) is 11.8 Å². The van der Waals surface area contributed by atoms with E-state index in [2.05, 4.69) is 36.0 Å². The maximum absolute atomic E-state index is 13.1. The second-order valence-electron chi connectivity index (χ2n) is 8.84. The molecule has 1 aromatic carbocycles. The normalized spacial score (nSPS) is 19.9. The molecule has 1 saturated heterocycles. The van der Waals surface area contributed by atoms with E-state index in [0.717, 1.165) is 50.5 Å². The van der Waals surface area contributed by atoms with Crippen LogP contribution < -0.4 is 4.74 Å². The van der Waals surface area contributed by atoms with Gasteiger partial charge in [-0.2, -0.15) is 0 Å². The number of likely N-dealkylation sites (tertiary alicyclic amines) is 1. The SMILES string of the molecule is COCCN(CC1CCN(Cc2ccccc2OC)CC1)C(=O)C1CC(C(C)C)=NO1. The molecule has 1 unspecified atom stereocenters. The lowest BCUT2D eigenvalue weighted by atomic mass is 9.95. The third-order valence-electron chi connectivity index (χ3n) is 6.28. The van der Waals surface area contributed by atoms with Crippen LogP contribution in [0.15, 0.2) is 29.4 Å². The van der Waals surface area contributed by atoms with E-state index in [-0.39, 0.29) is 5.91 Å². The molecule has 0 bridgehead atoms. The lowest BCUT2D eigenvalue weighted by Crippen LogP contribution is -2.45. The molecular weight excluding hydrogens is 394 g/mol. The maximum atomic E-state index is 13.1. The monoisotopic (exact) mass is 431 g/mol. The fourth-order valence-electron chi connectivity index (χ4n) is 4.28. The van der Waals surface area contributed by atoms with Gasteiger partial charge in [0, 0.05) is 38.7 Å². The number of para-hydroxylation sites is 1. The molecule has 7 nitrogen and oxygen atoms in total. The zero-order valence-electron chi connectivity index (χ0n) is 19.4. The number of ether oxygens (including phenoxy) is 2. The number of oxime groups is 1. The molecule has 1 amide bonds. The van der Waals surface area contributed by atoms with Gasteiger partial charge in [-0.3, -0.25) is 9.69 Å². The minimum atomic E-state index is -0.486. The molecule has 1 fully saturated rings. The predicted molar refractivity (Wildman–Crippen MR) is 121 cm³/mol. The largest absolute Gasteiger partial charge is 0.496 e. The van der Waals surface area contributed by atoms with Crippen LogP contribution in [0.1, 0.15) is 38.7 Å². The first-order chi connectivity index (χ1) is 15.0. The van der Waals surface area contributed by atoms with Gasteiger partial charge in [0.2, 0.25) is 6.10 Å². The van der Waals surface area contributed by atoms with E-state index < -0.39 is 6.10 Å². The number of nitrogens with zero attached hydrogens (tertiary/aromatic N) is 3. The van der Waals surface area contributed by atoms with E-state index in [0.29, 0.717) is 31.4 Å². The number of carbonyl (C=O) groups excluding carboxylic acids is 1. The molecule has 2 aliphatic rings. The number of carbonyl (C=O) groups is 1. The maximum Gasteiger partial charge on any atom is 0.266 e. The molecular formula is C24H37N3O4. The van der Waals surface area contributed by atoms with E-state index in [1.165, 1.54) is 5.56 Å². The molecule has 0 N–H and O–H groups in total. The Labute approximate surface area is 186 Å². The highest BCUT2D eigenvalue weighted by Crippen LogP contribution is 2.25. The summed E-state index contributed by atoms with van der Waals surface area (Å²) in [5.41, 5.74) is 2.19. The molecule has 2 aliphatic heterocycles. The fraction of sp³-hybridized carbons (Fsp3) is 0.667. The summed E-state index contributed by atoms with van der Waals surface area (Å²) in [6.45, 7) is 8.98. The Balaban J connectivity index is 1.51. The quantitative estimate of drug-likeness (QED) is 0.569. The summed E-state index contributed by atoms with van der Waals surface area (Å²) in [7, 11) is 3.39. The summed E-state index contributed by atoms with van der Waals surface area (Å²) in [4.78, 5) is 23.0. The minimum absolute atomic E-state index is 0.0351. The van der Waals surface area contributed by atoms with Gasteiger partial charge in [-0.05, 0) is 43.8 Å². The van der Waals surface area contributed by atoms with Crippen molar-refractivity contribution in [2.24, 2.45) is 17.0 Å². The summed E-state index contributed by atoms with van der Waals surface area (Å²) in [6, 6.07) is 8.21. The fourth-order valence-corrected chi connectivity index (χ4v) is 4.28. The average Bonchev–Trinajstić information content (AvgIpc) is 3.28. The van der Waals surface area contributed by atoms with E-state index in [1.54, 1.807) is 14.2 Å². The standard InChI is InChI=1S/C24H37N3O4/c1-18(2)21-15-23(31-25-21)24(28)27(13-14-29-3)16-19-9-11-26(12-10-19)17-20-7-5-6-8-22(20)30-4/h5-8,18-19,23H,9-17H2,1-4H3. The van der Waals surface area contributed by atoms with Gasteiger partial charge in [-0.15, -0.1) is 0 Å². The van der Waals surface area contributed by atoms with Crippen LogP contribution in [0.3, 0.4) is 0 Å². The van der Waals surface area contributed by atoms with Crippen LogP contribution in [0.2, 0.25) is 0 Å². The van der Waals surface area contributed by atoms with Crippen molar-refractivity contribution in [2.45, 2.75) is 45.8 Å². The molecule has 0 aromatic heterocycles. The van der Waals surface area contributed by atoms with E-state index in [4.69, 9.17) is 14.3 Å². The Morgan fingerprint density at radius 2 is 2.00 bits per heavy atom. The molecule has 2 heterocycles. The Bertz CT molecular complexity index is 744. The van der Waals surface area contributed by atoms with E-state index >= 15 is 0 Å². The minimum Gasteiger partial charge on any atom is -0.496 e. The Kier molecular flexibility index (Phi) is 8.72. The van der Waals surface area contributed by atoms with Crippen molar-refractivity contribution in [1.29, 1.82) is 0 Å². The topological polar surface area (TPSA) is 63.6 Å². The number of methoxy groups -OCH3 is 2. The Morgan fingerprint density at radius 3 is 2.65 bits per heavy atom. The zero-order valence-corrected chi connectivity index (χ0v) is 19.4. The number of benzene rings is 1. The molecule has 31 heavy (non-hydrogen) atoms. The third kappa shape index (κ3) is 6.43. The summed E-state index contributed by atoms with van der Waals surface area (Å²) in [5, 5.41) is 4.13. The molecule has 1 atom stereocenters. The van der Waals surface area contributed by atoms with Gasteiger partial charge in [0.25, 0.3) is 5.91 Å². The van der Waals surface area contributed by atoms with Gasteiger partial charge in [0.05, 0.1) is 19.4 Å². The van der Waals surface area contributed by atoms with E-state index in [1.807, 2.05) is 17.0 Å². The first kappa shape index (κ1) is 23.5. The highest BCUT2D eigenvalue weighted by atomic mass is 16.6. The number of hydrogen-bond donors (Lipinski definition) is 0. The van der Waals surface area contributed by atoms with Crippen molar-refractivity contribution in [3.8, 4) is 5.75 Å². The number of hydrogen-bond acceptors (Lipinski definition) is 6.